The fourth-order valence-electron chi connectivity index (χ4n) is 2.20. The predicted molar refractivity (Wildman–Crippen MR) is 69.8 cm³/mol. The van der Waals surface area contributed by atoms with Crippen LogP contribution >= 0.6 is 0 Å². The summed E-state index contributed by atoms with van der Waals surface area (Å²) in [6.07, 6.45) is 4.54. The van der Waals surface area contributed by atoms with Gasteiger partial charge in [0.25, 0.3) is 0 Å². The van der Waals surface area contributed by atoms with E-state index in [0.29, 0.717) is 5.56 Å². The van der Waals surface area contributed by atoms with Crippen LogP contribution in [0.4, 0.5) is 8.78 Å². The Hall–Kier alpha value is -1.75. The number of hydrogen-bond acceptors (Lipinski definition) is 2. The highest BCUT2D eigenvalue weighted by atomic mass is 19.1. The summed E-state index contributed by atoms with van der Waals surface area (Å²) in [6, 6.07) is 3.20. The zero-order valence-corrected chi connectivity index (χ0v) is 11.0. The minimum atomic E-state index is -0.580. The molecule has 1 atom stereocenters. The van der Waals surface area contributed by atoms with Crippen molar-refractivity contribution >= 4 is 0 Å². The monoisotopic (exact) mass is 265 g/mol. The van der Waals surface area contributed by atoms with Gasteiger partial charge < -0.3 is 9.88 Å². The van der Waals surface area contributed by atoms with Crippen LogP contribution in [0.2, 0.25) is 0 Å². The van der Waals surface area contributed by atoms with Crippen molar-refractivity contribution in [2.45, 2.75) is 25.9 Å². The molecule has 0 aliphatic rings. The summed E-state index contributed by atoms with van der Waals surface area (Å²) in [7, 11) is 1.75. The molecular formula is C14H17F2N3. The summed E-state index contributed by atoms with van der Waals surface area (Å²) in [4.78, 5) is 4.30. The third-order valence-electron chi connectivity index (χ3n) is 2.98. The lowest BCUT2D eigenvalue weighted by atomic mass is 10.1. The molecule has 1 N–H and O–H groups in total. The fraction of sp³-hybridized carbons (Fsp3) is 0.357. The van der Waals surface area contributed by atoms with Crippen LogP contribution in [0, 0.1) is 11.6 Å². The van der Waals surface area contributed by atoms with Crippen molar-refractivity contribution in [2.75, 3.05) is 7.05 Å². The van der Waals surface area contributed by atoms with E-state index in [9.17, 15) is 8.78 Å². The SMILES string of the molecule is CCCn1ccnc1C(NC)c1cc(F)cc(F)c1. The first-order valence-corrected chi connectivity index (χ1v) is 6.30. The Morgan fingerprint density at radius 1 is 1.26 bits per heavy atom. The van der Waals surface area contributed by atoms with Gasteiger partial charge in [-0.05, 0) is 31.2 Å². The molecule has 1 aromatic heterocycles. The fourth-order valence-corrected chi connectivity index (χ4v) is 2.20. The topological polar surface area (TPSA) is 29.9 Å². The van der Waals surface area contributed by atoms with Gasteiger partial charge in [0, 0.05) is 25.0 Å². The summed E-state index contributed by atoms with van der Waals surface area (Å²) < 4.78 is 28.6. The largest absolute Gasteiger partial charge is 0.333 e. The minimum Gasteiger partial charge on any atom is -0.333 e. The summed E-state index contributed by atoms with van der Waals surface area (Å²) in [5, 5.41) is 3.06. The van der Waals surface area contributed by atoms with Gasteiger partial charge >= 0.3 is 0 Å². The molecule has 0 saturated heterocycles. The Morgan fingerprint density at radius 3 is 2.53 bits per heavy atom. The Morgan fingerprint density at radius 2 is 1.95 bits per heavy atom. The van der Waals surface area contributed by atoms with E-state index in [1.165, 1.54) is 12.1 Å². The zero-order valence-electron chi connectivity index (χ0n) is 11.0. The van der Waals surface area contributed by atoms with Gasteiger partial charge in [0.05, 0.1) is 6.04 Å². The maximum Gasteiger partial charge on any atom is 0.130 e. The summed E-state index contributed by atoms with van der Waals surface area (Å²) >= 11 is 0. The zero-order chi connectivity index (χ0) is 13.8. The number of imidazole rings is 1. The van der Waals surface area contributed by atoms with Crippen molar-refractivity contribution in [1.82, 2.24) is 14.9 Å². The van der Waals surface area contributed by atoms with Gasteiger partial charge in [-0.2, -0.15) is 0 Å². The number of hydrogen-bond donors (Lipinski definition) is 1. The van der Waals surface area contributed by atoms with Crippen molar-refractivity contribution in [3.8, 4) is 0 Å². The van der Waals surface area contributed by atoms with Crippen molar-refractivity contribution in [2.24, 2.45) is 0 Å². The number of halogens is 2. The lowest BCUT2D eigenvalue weighted by molar-refractivity contribution is 0.547. The highest BCUT2D eigenvalue weighted by Crippen LogP contribution is 2.22. The second kappa shape index (κ2) is 5.93. The van der Waals surface area contributed by atoms with Gasteiger partial charge in [0.1, 0.15) is 17.5 Å². The first kappa shape index (κ1) is 13.7. The third-order valence-corrected chi connectivity index (χ3v) is 2.98. The summed E-state index contributed by atoms with van der Waals surface area (Å²) in [5.74, 6) is -0.401. The molecule has 102 valence electrons. The van der Waals surface area contributed by atoms with Crippen LogP contribution in [0.1, 0.15) is 30.8 Å². The molecule has 1 aromatic carbocycles. The van der Waals surface area contributed by atoms with Crippen molar-refractivity contribution < 1.29 is 8.78 Å². The highest BCUT2D eigenvalue weighted by molar-refractivity contribution is 5.26. The molecule has 19 heavy (non-hydrogen) atoms. The van der Waals surface area contributed by atoms with Gasteiger partial charge in [-0.25, -0.2) is 13.8 Å². The minimum absolute atomic E-state index is 0.327. The number of nitrogens with zero attached hydrogens (tertiary/aromatic N) is 2. The maximum absolute atomic E-state index is 13.3. The van der Waals surface area contributed by atoms with Gasteiger partial charge in [0.15, 0.2) is 0 Å². The summed E-state index contributed by atoms with van der Waals surface area (Å²) in [5.41, 5.74) is 0.531. The highest BCUT2D eigenvalue weighted by Gasteiger charge is 2.18. The van der Waals surface area contributed by atoms with E-state index in [4.69, 9.17) is 0 Å². The molecule has 5 heteroatoms. The maximum atomic E-state index is 13.3. The lowest BCUT2D eigenvalue weighted by Crippen LogP contribution is -2.22. The Labute approximate surface area is 111 Å². The van der Waals surface area contributed by atoms with Crippen LogP contribution in [0.5, 0.6) is 0 Å². The normalized spacial score (nSPS) is 12.6. The van der Waals surface area contributed by atoms with Crippen molar-refractivity contribution in [1.29, 1.82) is 0 Å². The Bertz CT molecular complexity index is 531. The Balaban J connectivity index is 2.40. The first-order valence-electron chi connectivity index (χ1n) is 6.30. The Kier molecular flexibility index (Phi) is 4.27. The molecule has 0 amide bonds. The van der Waals surface area contributed by atoms with Gasteiger partial charge in [-0.15, -0.1) is 0 Å². The van der Waals surface area contributed by atoms with E-state index >= 15 is 0 Å². The molecule has 0 aliphatic carbocycles. The molecule has 1 heterocycles. The smallest absolute Gasteiger partial charge is 0.130 e. The van der Waals surface area contributed by atoms with E-state index < -0.39 is 11.6 Å². The predicted octanol–water partition coefficient (Wildman–Crippen LogP) is 2.88. The van der Waals surface area contributed by atoms with Crippen molar-refractivity contribution in [3.05, 3.63) is 53.6 Å². The number of nitrogens with one attached hydrogen (secondary N) is 1. The molecule has 1 unspecified atom stereocenters. The van der Waals surface area contributed by atoms with E-state index in [-0.39, 0.29) is 6.04 Å². The molecule has 0 saturated carbocycles. The van der Waals surface area contributed by atoms with Gasteiger partial charge in [0.2, 0.25) is 0 Å². The molecule has 2 rings (SSSR count). The van der Waals surface area contributed by atoms with E-state index in [1.54, 1.807) is 13.2 Å². The second-order valence-electron chi connectivity index (χ2n) is 4.40. The van der Waals surface area contributed by atoms with Gasteiger partial charge in [-0.1, -0.05) is 6.92 Å². The molecular weight excluding hydrogens is 248 g/mol. The van der Waals surface area contributed by atoms with Crippen LogP contribution in [0.15, 0.2) is 30.6 Å². The molecule has 0 bridgehead atoms. The third kappa shape index (κ3) is 2.98. The van der Waals surface area contributed by atoms with Crippen LogP contribution in [-0.4, -0.2) is 16.6 Å². The number of benzene rings is 1. The molecule has 0 radical (unpaired) electrons. The number of rotatable bonds is 5. The number of aromatic nitrogens is 2. The molecule has 0 aliphatic heterocycles. The van der Waals surface area contributed by atoms with E-state index in [0.717, 1.165) is 24.9 Å². The molecule has 0 spiro atoms. The van der Waals surface area contributed by atoms with Crippen molar-refractivity contribution in [3.63, 3.8) is 0 Å². The molecule has 3 nitrogen and oxygen atoms in total. The van der Waals surface area contributed by atoms with E-state index in [1.807, 2.05) is 10.8 Å². The first-order chi connectivity index (χ1) is 9.15. The summed E-state index contributed by atoms with van der Waals surface area (Å²) in [6.45, 7) is 2.89. The van der Waals surface area contributed by atoms with Crippen LogP contribution in [0.3, 0.4) is 0 Å². The lowest BCUT2D eigenvalue weighted by Gasteiger charge is -2.18. The average molecular weight is 265 g/mol. The van der Waals surface area contributed by atoms with Gasteiger partial charge in [-0.3, -0.25) is 0 Å². The van der Waals surface area contributed by atoms with E-state index in [2.05, 4.69) is 17.2 Å². The molecule has 2 aromatic rings. The second-order valence-corrected chi connectivity index (χ2v) is 4.40. The van der Waals surface area contributed by atoms with Crippen LogP contribution < -0.4 is 5.32 Å². The quantitative estimate of drug-likeness (QED) is 0.901. The average Bonchev–Trinajstić information content (AvgIpc) is 2.78. The standard InChI is InChI=1S/C14H17F2N3/c1-3-5-19-6-4-18-14(19)13(17-2)10-7-11(15)9-12(16)8-10/h4,6-9,13,17H,3,5H2,1-2H3. The van der Waals surface area contributed by atoms with Crippen LogP contribution in [0.25, 0.3) is 0 Å². The number of aryl methyl sites for hydroxylation is 1. The van der Waals surface area contributed by atoms with Crippen LogP contribution in [-0.2, 0) is 6.54 Å². The molecule has 0 fully saturated rings.